The van der Waals surface area contributed by atoms with Gasteiger partial charge < -0.3 is 9.47 Å². The lowest BCUT2D eigenvalue weighted by atomic mass is 10.3. The highest BCUT2D eigenvalue weighted by molar-refractivity contribution is 7.93. The zero-order valence-electron chi connectivity index (χ0n) is 11.0. The summed E-state index contributed by atoms with van der Waals surface area (Å²) in [5, 5.41) is 7.27. The second-order valence-corrected chi connectivity index (χ2v) is 6.21. The molecule has 0 fully saturated rings. The van der Waals surface area contributed by atoms with Crippen LogP contribution in [-0.2, 0) is 10.0 Å². The number of nitrogens with zero attached hydrogens (tertiary/aromatic N) is 2. The Morgan fingerprint density at radius 3 is 2.82 bits per heavy atom. The van der Waals surface area contributed by atoms with E-state index in [1.807, 2.05) is 0 Å². The molecule has 9 heteroatoms. The van der Waals surface area contributed by atoms with Crippen LogP contribution in [0.3, 0.4) is 0 Å². The lowest BCUT2D eigenvalue weighted by Gasteiger charge is -2.08. The number of aromatic nitrogens is 2. The first-order chi connectivity index (χ1) is 10.6. The van der Waals surface area contributed by atoms with Gasteiger partial charge in [0.15, 0.2) is 17.0 Å². The van der Waals surface area contributed by atoms with Gasteiger partial charge in [-0.25, -0.2) is 13.0 Å². The molecule has 2 aromatic carbocycles. The molecule has 2 heterocycles. The Morgan fingerprint density at radius 2 is 1.91 bits per heavy atom. The number of fused-ring (bicyclic) bond motifs is 2. The first-order valence-electron chi connectivity index (χ1n) is 6.27. The van der Waals surface area contributed by atoms with E-state index in [9.17, 15) is 8.42 Å². The van der Waals surface area contributed by atoms with E-state index < -0.39 is 10.0 Å². The Hall–Kier alpha value is -2.81. The van der Waals surface area contributed by atoms with E-state index in [2.05, 4.69) is 19.7 Å². The number of benzene rings is 2. The fourth-order valence-electron chi connectivity index (χ4n) is 2.17. The van der Waals surface area contributed by atoms with Crippen molar-refractivity contribution in [3.8, 4) is 11.5 Å². The van der Waals surface area contributed by atoms with E-state index in [1.54, 1.807) is 30.3 Å². The minimum absolute atomic E-state index is 0.0103. The highest BCUT2D eigenvalue weighted by Gasteiger charge is 2.22. The first kappa shape index (κ1) is 12.9. The molecule has 1 aliphatic rings. The van der Waals surface area contributed by atoms with Crippen molar-refractivity contribution in [1.82, 2.24) is 10.3 Å². The van der Waals surface area contributed by atoms with Crippen molar-refractivity contribution in [3.05, 3.63) is 36.4 Å². The SMILES string of the molecule is O=S(=O)(Nc1ccc2c(c1)OCO2)c1cccc2nonc12. The molecule has 0 unspecified atom stereocenters. The Morgan fingerprint density at radius 1 is 1.05 bits per heavy atom. The molecule has 0 saturated carbocycles. The molecule has 0 spiro atoms. The Kier molecular flexibility index (Phi) is 2.70. The van der Waals surface area contributed by atoms with E-state index in [4.69, 9.17) is 9.47 Å². The number of ether oxygens (including phenoxy) is 2. The lowest BCUT2D eigenvalue weighted by Crippen LogP contribution is -2.13. The number of nitrogens with one attached hydrogen (secondary N) is 1. The highest BCUT2D eigenvalue weighted by atomic mass is 32.2. The van der Waals surface area contributed by atoms with E-state index in [-0.39, 0.29) is 17.2 Å². The van der Waals surface area contributed by atoms with Crippen LogP contribution in [0.1, 0.15) is 0 Å². The lowest BCUT2D eigenvalue weighted by molar-refractivity contribution is 0.174. The molecule has 0 atom stereocenters. The highest BCUT2D eigenvalue weighted by Crippen LogP contribution is 2.35. The Bertz CT molecular complexity index is 967. The Balaban J connectivity index is 1.74. The van der Waals surface area contributed by atoms with Crippen LogP contribution < -0.4 is 14.2 Å². The fraction of sp³-hybridized carbons (Fsp3) is 0.0769. The molecule has 0 aliphatic carbocycles. The summed E-state index contributed by atoms with van der Waals surface area (Å²) in [6.07, 6.45) is 0. The molecule has 0 bridgehead atoms. The van der Waals surface area contributed by atoms with Gasteiger partial charge in [-0.2, -0.15) is 0 Å². The van der Waals surface area contributed by atoms with Crippen molar-refractivity contribution in [2.45, 2.75) is 4.90 Å². The van der Waals surface area contributed by atoms with Crippen LogP contribution in [0.25, 0.3) is 11.0 Å². The van der Waals surface area contributed by atoms with E-state index in [1.165, 1.54) is 6.07 Å². The largest absolute Gasteiger partial charge is 0.454 e. The molecule has 1 aromatic heterocycles. The number of hydrogen-bond donors (Lipinski definition) is 1. The van der Waals surface area contributed by atoms with Gasteiger partial charge in [0.1, 0.15) is 10.4 Å². The third kappa shape index (κ3) is 2.02. The predicted octanol–water partition coefficient (Wildman–Crippen LogP) is 1.75. The number of sulfonamides is 1. The zero-order chi connectivity index (χ0) is 15.2. The molecule has 4 rings (SSSR count). The molecular formula is C13H9N3O5S. The van der Waals surface area contributed by atoms with Crippen molar-refractivity contribution in [1.29, 1.82) is 0 Å². The summed E-state index contributed by atoms with van der Waals surface area (Å²) in [5.74, 6) is 1.06. The molecular weight excluding hydrogens is 310 g/mol. The summed E-state index contributed by atoms with van der Waals surface area (Å²) in [5.41, 5.74) is 0.905. The van der Waals surface area contributed by atoms with Crippen molar-refractivity contribution in [2.75, 3.05) is 11.5 Å². The quantitative estimate of drug-likeness (QED) is 0.784. The zero-order valence-corrected chi connectivity index (χ0v) is 11.8. The number of rotatable bonds is 3. The third-order valence-corrected chi connectivity index (χ3v) is 4.58. The van der Waals surface area contributed by atoms with Crippen LogP contribution in [0, 0.1) is 0 Å². The topological polar surface area (TPSA) is 104 Å². The molecule has 1 N–H and O–H groups in total. The van der Waals surface area contributed by atoms with Gasteiger partial charge in [-0.1, -0.05) is 6.07 Å². The smallest absolute Gasteiger partial charge is 0.264 e. The average molecular weight is 319 g/mol. The van der Waals surface area contributed by atoms with Gasteiger partial charge in [-0.3, -0.25) is 4.72 Å². The summed E-state index contributed by atoms with van der Waals surface area (Å²) in [7, 11) is -3.84. The summed E-state index contributed by atoms with van der Waals surface area (Å²) in [6.45, 7) is 0.120. The maximum atomic E-state index is 12.5. The number of anilines is 1. The van der Waals surface area contributed by atoms with E-state index in [0.717, 1.165) is 0 Å². The molecule has 0 amide bonds. The van der Waals surface area contributed by atoms with Crippen molar-refractivity contribution in [2.24, 2.45) is 0 Å². The summed E-state index contributed by atoms with van der Waals surface area (Å²) in [4.78, 5) is -0.0103. The molecule has 8 nitrogen and oxygen atoms in total. The third-order valence-electron chi connectivity index (χ3n) is 3.16. The predicted molar refractivity (Wildman–Crippen MR) is 75.2 cm³/mol. The van der Waals surface area contributed by atoms with Gasteiger partial charge in [0.25, 0.3) is 10.0 Å². The van der Waals surface area contributed by atoms with Gasteiger partial charge in [-0.05, 0) is 34.6 Å². The summed E-state index contributed by atoms with van der Waals surface area (Å²) >= 11 is 0. The number of hydrogen-bond acceptors (Lipinski definition) is 7. The van der Waals surface area contributed by atoms with Gasteiger partial charge in [0.05, 0.1) is 5.69 Å². The van der Waals surface area contributed by atoms with E-state index >= 15 is 0 Å². The van der Waals surface area contributed by atoms with Gasteiger partial charge in [0.2, 0.25) is 6.79 Å². The molecule has 3 aromatic rings. The van der Waals surface area contributed by atoms with Gasteiger partial charge >= 0.3 is 0 Å². The standard InChI is InChI=1S/C13H9N3O5S/c17-22(18,12-3-1-2-9-13(12)15-21-14-9)16-8-4-5-10-11(6-8)20-7-19-10/h1-6,16H,7H2. The van der Waals surface area contributed by atoms with Crippen LogP contribution in [-0.4, -0.2) is 25.5 Å². The van der Waals surface area contributed by atoms with Crippen molar-refractivity contribution >= 4 is 26.7 Å². The first-order valence-corrected chi connectivity index (χ1v) is 7.75. The summed E-state index contributed by atoms with van der Waals surface area (Å²) in [6, 6.07) is 9.40. The van der Waals surface area contributed by atoms with E-state index in [0.29, 0.717) is 22.7 Å². The molecule has 112 valence electrons. The maximum absolute atomic E-state index is 12.5. The maximum Gasteiger partial charge on any atom is 0.264 e. The van der Waals surface area contributed by atoms with Crippen molar-refractivity contribution < 1.29 is 22.5 Å². The Labute approximate surface area is 124 Å². The fourth-order valence-corrected chi connectivity index (χ4v) is 3.37. The van der Waals surface area contributed by atoms with Gasteiger partial charge in [0, 0.05) is 6.07 Å². The molecule has 1 aliphatic heterocycles. The van der Waals surface area contributed by atoms with Crippen molar-refractivity contribution in [3.63, 3.8) is 0 Å². The second-order valence-electron chi connectivity index (χ2n) is 4.56. The average Bonchev–Trinajstić information content (AvgIpc) is 3.14. The molecule has 0 saturated heterocycles. The van der Waals surface area contributed by atoms with Crippen LogP contribution >= 0.6 is 0 Å². The van der Waals surface area contributed by atoms with Crippen LogP contribution in [0.5, 0.6) is 11.5 Å². The van der Waals surface area contributed by atoms with Crippen LogP contribution in [0.15, 0.2) is 45.9 Å². The minimum Gasteiger partial charge on any atom is -0.454 e. The molecule has 0 radical (unpaired) electrons. The minimum atomic E-state index is -3.84. The monoisotopic (exact) mass is 319 g/mol. The van der Waals surface area contributed by atoms with Crippen LogP contribution in [0.2, 0.25) is 0 Å². The van der Waals surface area contributed by atoms with Crippen LogP contribution in [0.4, 0.5) is 5.69 Å². The summed E-state index contributed by atoms with van der Waals surface area (Å²) < 4.78 is 42.5. The van der Waals surface area contributed by atoms with Gasteiger partial charge in [-0.15, -0.1) is 0 Å². The normalized spacial score (nSPS) is 13.5. The molecule has 22 heavy (non-hydrogen) atoms. The second kappa shape index (κ2) is 4.60.